The second-order valence-corrected chi connectivity index (χ2v) is 14.8. The zero-order chi connectivity index (χ0) is 22.3. The number of aliphatic hydroxyl groups excluding tert-OH is 1. The highest BCUT2D eigenvalue weighted by Gasteiger charge is 2.40. The highest BCUT2D eigenvalue weighted by Crippen LogP contribution is 2.38. The average molecular weight is 431 g/mol. The summed E-state index contributed by atoms with van der Waals surface area (Å²) >= 11 is 0. The quantitative estimate of drug-likeness (QED) is 0.153. The summed E-state index contributed by atoms with van der Waals surface area (Å²) in [5.74, 6) is -0.195. The Balaban J connectivity index is 4.41. The van der Waals surface area contributed by atoms with E-state index in [0.717, 1.165) is 51.4 Å². The first-order chi connectivity index (χ1) is 13.5. The molecule has 0 fully saturated rings. The van der Waals surface area contributed by atoms with Crippen LogP contribution >= 0.6 is 0 Å². The van der Waals surface area contributed by atoms with Crippen molar-refractivity contribution in [1.82, 2.24) is 0 Å². The summed E-state index contributed by atoms with van der Waals surface area (Å²) in [6.07, 6.45) is 11.6. The van der Waals surface area contributed by atoms with Gasteiger partial charge in [0.05, 0.1) is 12.7 Å². The number of aliphatic hydroxyl groups is 1. The molecule has 0 aliphatic heterocycles. The Morgan fingerprint density at radius 3 is 1.90 bits per heavy atom. The molecule has 0 spiro atoms. The fraction of sp³-hybridized carbons (Fsp3) is 0.958. The number of hydrogen-bond acceptors (Lipinski definition) is 4. The van der Waals surface area contributed by atoms with E-state index in [4.69, 9.17) is 9.16 Å². The summed E-state index contributed by atoms with van der Waals surface area (Å²) in [6, 6.07) is 0. The molecule has 5 heteroatoms. The van der Waals surface area contributed by atoms with Crippen molar-refractivity contribution < 1.29 is 19.1 Å². The van der Waals surface area contributed by atoms with Crippen LogP contribution in [0.4, 0.5) is 0 Å². The maximum absolute atomic E-state index is 12.6. The van der Waals surface area contributed by atoms with E-state index >= 15 is 0 Å². The summed E-state index contributed by atoms with van der Waals surface area (Å²) in [4.78, 5) is 12.6. The van der Waals surface area contributed by atoms with Gasteiger partial charge in [-0.25, -0.2) is 4.79 Å². The Morgan fingerprint density at radius 1 is 0.862 bits per heavy atom. The fourth-order valence-corrected chi connectivity index (χ4v) is 4.28. The summed E-state index contributed by atoms with van der Waals surface area (Å²) < 4.78 is 11.9. The van der Waals surface area contributed by atoms with Crippen LogP contribution in [0.2, 0.25) is 18.1 Å². The third-order valence-corrected chi connectivity index (χ3v) is 10.6. The largest absolute Gasteiger partial charge is 0.464 e. The smallest absolute Gasteiger partial charge is 0.334 e. The lowest BCUT2D eigenvalue weighted by Crippen LogP contribution is -2.46. The second-order valence-electron chi connectivity index (χ2n) is 10.0. The van der Waals surface area contributed by atoms with Crippen molar-refractivity contribution in [2.75, 3.05) is 6.61 Å². The number of rotatable bonds is 17. The number of carbonyl (C=O) groups excluding carboxylic acids is 1. The topological polar surface area (TPSA) is 55.8 Å². The first kappa shape index (κ1) is 28.6. The maximum atomic E-state index is 12.6. The second kappa shape index (κ2) is 15.4. The zero-order valence-corrected chi connectivity index (χ0v) is 21.5. The van der Waals surface area contributed by atoms with E-state index in [2.05, 4.69) is 47.7 Å². The Labute approximate surface area is 182 Å². The minimum absolute atomic E-state index is 0.0663. The molecule has 0 saturated carbocycles. The van der Waals surface area contributed by atoms with E-state index < -0.39 is 14.4 Å². The number of hydrogen-bond donors (Lipinski definition) is 1. The molecule has 29 heavy (non-hydrogen) atoms. The highest BCUT2D eigenvalue weighted by molar-refractivity contribution is 6.74. The summed E-state index contributed by atoms with van der Waals surface area (Å²) in [6.45, 7) is 15.7. The summed E-state index contributed by atoms with van der Waals surface area (Å²) in [5, 5.41) is 10.2. The normalized spacial score (nSPS) is 14.6. The van der Waals surface area contributed by atoms with Gasteiger partial charge >= 0.3 is 5.97 Å². The van der Waals surface area contributed by atoms with Gasteiger partial charge in [-0.2, -0.15) is 0 Å². The van der Waals surface area contributed by atoms with Crippen LogP contribution in [-0.4, -0.2) is 38.2 Å². The molecule has 2 atom stereocenters. The van der Waals surface area contributed by atoms with Gasteiger partial charge in [-0.05, 0) is 43.8 Å². The maximum Gasteiger partial charge on any atom is 0.334 e. The Bertz CT molecular complexity index is 418. The molecule has 0 aromatic heterocycles. The van der Waals surface area contributed by atoms with Crippen LogP contribution < -0.4 is 0 Å². The molecule has 0 aromatic carbocycles. The van der Waals surface area contributed by atoms with Crippen molar-refractivity contribution in [2.45, 2.75) is 142 Å². The number of ether oxygens (including phenoxy) is 1. The minimum atomic E-state index is -2.03. The SMILES string of the molecule is CCCCCC[C@@H](O)CCCCC[C@@H](O[Si](C)(C)C(C)(C)C)C(=O)OCCCC. The molecule has 0 radical (unpaired) electrons. The van der Waals surface area contributed by atoms with Gasteiger partial charge in [-0.1, -0.05) is 86.0 Å². The first-order valence-electron chi connectivity index (χ1n) is 12.1. The Kier molecular flexibility index (Phi) is 15.2. The molecule has 0 unspecified atom stereocenters. The van der Waals surface area contributed by atoms with E-state index in [-0.39, 0.29) is 17.1 Å². The fourth-order valence-electron chi connectivity index (χ4n) is 3.00. The molecule has 1 N–H and O–H groups in total. The van der Waals surface area contributed by atoms with Gasteiger partial charge in [-0.3, -0.25) is 0 Å². The molecule has 0 heterocycles. The van der Waals surface area contributed by atoms with Crippen LogP contribution in [0, 0.1) is 0 Å². The Hall–Kier alpha value is -0.393. The zero-order valence-electron chi connectivity index (χ0n) is 20.5. The summed E-state index contributed by atoms with van der Waals surface area (Å²) in [5.41, 5.74) is 0. The van der Waals surface area contributed by atoms with Crippen molar-refractivity contribution in [3.05, 3.63) is 0 Å². The third kappa shape index (κ3) is 13.5. The molecule has 0 aliphatic rings. The molecule has 0 bridgehead atoms. The standard InChI is InChI=1S/C24H50O4Si/c1-8-10-12-14-17-21(25)18-15-13-16-19-22(23(26)27-20-11-9-2)28-29(6,7)24(3,4)5/h21-22,25H,8-20H2,1-7H3/t21-,22-/m1/s1. The van der Waals surface area contributed by atoms with E-state index in [1.807, 2.05) is 0 Å². The molecule has 0 rings (SSSR count). The van der Waals surface area contributed by atoms with E-state index in [9.17, 15) is 9.90 Å². The molecule has 0 saturated heterocycles. The average Bonchev–Trinajstić information content (AvgIpc) is 2.63. The third-order valence-electron chi connectivity index (χ3n) is 6.14. The predicted molar refractivity (Wildman–Crippen MR) is 126 cm³/mol. The first-order valence-corrected chi connectivity index (χ1v) is 15.0. The van der Waals surface area contributed by atoms with Crippen molar-refractivity contribution in [2.24, 2.45) is 0 Å². The van der Waals surface area contributed by atoms with Gasteiger partial charge in [-0.15, -0.1) is 0 Å². The monoisotopic (exact) mass is 430 g/mol. The van der Waals surface area contributed by atoms with Gasteiger partial charge in [0.25, 0.3) is 0 Å². The molecular weight excluding hydrogens is 380 g/mol. The Morgan fingerprint density at radius 2 is 1.38 bits per heavy atom. The molecule has 0 amide bonds. The molecular formula is C24H50O4Si. The van der Waals surface area contributed by atoms with Gasteiger partial charge in [0, 0.05) is 0 Å². The van der Waals surface area contributed by atoms with E-state index in [1.165, 1.54) is 19.3 Å². The van der Waals surface area contributed by atoms with Gasteiger partial charge in [0.2, 0.25) is 0 Å². The lowest BCUT2D eigenvalue weighted by Gasteiger charge is -2.38. The summed E-state index contributed by atoms with van der Waals surface area (Å²) in [7, 11) is -2.03. The van der Waals surface area contributed by atoms with Crippen molar-refractivity contribution >= 4 is 14.3 Å². The van der Waals surface area contributed by atoms with Crippen molar-refractivity contribution in [1.29, 1.82) is 0 Å². The van der Waals surface area contributed by atoms with Crippen LogP contribution in [0.5, 0.6) is 0 Å². The van der Waals surface area contributed by atoms with Crippen LogP contribution in [0.15, 0.2) is 0 Å². The van der Waals surface area contributed by atoms with Gasteiger partial charge in [0.1, 0.15) is 6.10 Å². The van der Waals surface area contributed by atoms with Gasteiger partial charge < -0.3 is 14.3 Å². The minimum Gasteiger partial charge on any atom is -0.464 e. The molecule has 174 valence electrons. The lowest BCUT2D eigenvalue weighted by molar-refractivity contribution is -0.153. The van der Waals surface area contributed by atoms with Gasteiger partial charge in [0.15, 0.2) is 8.32 Å². The number of esters is 1. The van der Waals surface area contributed by atoms with Crippen molar-refractivity contribution in [3.63, 3.8) is 0 Å². The lowest BCUT2D eigenvalue weighted by atomic mass is 10.0. The van der Waals surface area contributed by atoms with E-state index in [0.29, 0.717) is 13.0 Å². The van der Waals surface area contributed by atoms with Crippen LogP contribution in [0.3, 0.4) is 0 Å². The van der Waals surface area contributed by atoms with Crippen LogP contribution in [-0.2, 0) is 14.0 Å². The highest BCUT2D eigenvalue weighted by atomic mass is 28.4. The predicted octanol–water partition coefficient (Wildman–Crippen LogP) is 7.00. The molecule has 4 nitrogen and oxygen atoms in total. The van der Waals surface area contributed by atoms with Crippen LogP contribution in [0.1, 0.15) is 112 Å². The van der Waals surface area contributed by atoms with Crippen LogP contribution in [0.25, 0.3) is 0 Å². The van der Waals surface area contributed by atoms with Crippen molar-refractivity contribution in [3.8, 4) is 0 Å². The molecule has 0 aliphatic carbocycles. The number of carbonyl (C=O) groups is 1. The molecule has 0 aromatic rings. The van der Waals surface area contributed by atoms with E-state index in [1.54, 1.807) is 0 Å². The number of unbranched alkanes of at least 4 members (excludes halogenated alkanes) is 6.